The lowest BCUT2D eigenvalue weighted by Gasteiger charge is -2.29. The number of imide groups is 1. The number of benzene rings is 2. The van der Waals surface area contributed by atoms with E-state index in [0.717, 1.165) is 30.4 Å². The summed E-state index contributed by atoms with van der Waals surface area (Å²) >= 11 is 0. The second-order valence-electron chi connectivity index (χ2n) is 8.52. The predicted molar refractivity (Wildman–Crippen MR) is 130 cm³/mol. The van der Waals surface area contributed by atoms with Crippen molar-refractivity contribution in [3.63, 3.8) is 0 Å². The van der Waals surface area contributed by atoms with Crippen molar-refractivity contribution in [1.29, 1.82) is 0 Å². The zero-order valence-corrected chi connectivity index (χ0v) is 20.3. The van der Waals surface area contributed by atoms with Crippen LogP contribution in [0.5, 0.6) is 0 Å². The molecule has 0 unspecified atom stereocenters. The largest absolute Gasteiger partial charge is 0.452 e. The van der Waals surface area contributed by atoms with Crippen LogP contribution in [0.1, 0.15) is 47.2 Å². The Labute approximate surface area is 203 Å². The smallest absolute Gasteiger partial charge is 0.338 e. The van der Waals surface area contributed by atoms with Gasteiger partial charge in [-0.3, -0.25) is 10.1 Å². The minimum atomic E-state index is -3.96. The molecule has 11 heteroatoms. The van der Waals surface area contributed by atoms with Crippen LogP contribution in [0.3, 0.4) is 0 Å². The molecule has 0 atom stereocenters. The van der Waals surface area contributed by atoms with Gasteiger partial charge in [0, 0.05) is 18.7 Å². The minimum Gasteiger partial charge on any atom is -0.452 e. The van der Waals surface area contributed by atoms with Crippen molar-refractivity contribution in [1.82, 2.24) is 5.32 Å². The number of aryl methyl sites for hydroxylation is 2. The quantitative estimate of drug-likeness (QED) is 0.618. The summed E-state index contributed by atoms with van der Waals surface area (Å²) in [5.41, 5.74) is 2.86. The number of urea groups is 1. The zero-order chi connectivity index (χ0) is 25.2. The number of sulfonamides is 1. The number of carbonyl (C=O) groups is 3. The number of ether oxygens (including phenoxy) is 1. The molecule has 0 bridgehead atoms. The fourth-order valence-electron chi connectivity index (χ4n) is 4.09. The maximum Gasteiger partial charge on any atom is 0.338 e. The first-order valence-electron chi connectivity index (χ1n) is 11.2. The second kappa shape index (κ2) is 9.87. The molecule has 0 saturated carbocycles. The van der Waals surface area contributed by atoms with Crippen LogP contribution in [0.25, 0.3) is 0 Å². The number of fused-ring (bicyclic) bond motifs is 3. The summed E-state index contributed by atoms with van der Waals surface area (Å²) in [4.78, 5) is 38.4. The number of anilines is 2. The van der Waals surface area contributed by atoms with E-state index < -0.39 is 34.5 Å². The van der Waals surface area contributed by atoms with Gasteiger partial charge in [-0.15, -0.1) is 4.40 Å². The van der Waals surface area contributed by atoms with E-state index in [4.69, 9.17) is 4.74 Å². The molecule has 4 rings (SSSR count). The summed E-state index contributed by atoms with van der Waals surface area (Å²) in [6.07, 6.45) is 3.35. The molecule has 35 heavy (non-hydrogen) atoms. The average Bonchev–Trinajstić information content (AvgIpc) is 3.04. The summed E-state index contributed by atoms with van der Waals surface area (Å²) in [6, 6.07) is 8.89. The van der Waals surface area contributed by atoms with E-state index >= 15 is 0 Å². The molecule has 2 aliphatic rings. The van der Waals surface area contributed by atoms with Gasteiger partial charge in [0.15, 0.2) is 6.61 Å². The molecular formula is C24H26N4O6S. The number of amides is 3. The number of rotatable bonds is 4. The van der Waals surface area contributed by atoms with Gasteiger partial charge in [0.1, 0.15) is 10.7 Å². The van der Waals surface area contributed by atoms with Gasteiger partial charge in [-0.25, -0.2) is 9.59 Å². The lowest BCUT2D eigenvalue weighted by Crippen LogP contribution is -2.37. The summed E-state index contributed by atoms with van der Waals surface area (Å²) < 4.78 is 34.4. The number of esters is 1. The van der Waals surface area contributed by atoms with Gasteiger partial charge in [0.2, 0.25) is 0 Å². The first kappa shape index (κ1) is 24.4. The van der Waals surface area contributed by atoms with Crippen LogP contribution < -0.4 is 15.5 Å². The van der Waals surface area contributed by atoms with Crippen molar-refractivity contribution in [2.45, 2.75) is 44.4 Å². The second-order valence-corrected chi connectivity index (χ2v) is 10.1. The number of carbonyl (C=O) groups excluding carboxylic acids is 3. The van der Waals surface area contributed by atoms with E-state index in [2.05, 4.69) is 15.0 Å². The number of amidine groups is 1. The number of hydrogen-bond acceptors (Lipinski definition) is 7. The molecule has 2 N–H and O–H groups in total. The van der Waals surface area contributed by atoms with Crippen LogP contribution >= 0.6 is 0 Å². The van der Waals surface area contributed by atoms with E-state index in [1.54, 1.807) is 12.1 Å². The first-order chi connectivity index (χ1) is 16.6. The monoisotopic (exact) mass is 498 g/mol. The Balaban J connectivity index is 1.38. The summed E-state index contributed by atoms with van der Waals surface area (Å²) in [6.45, 7) is 3.68. The Morgan fingerprint density at radius 3 is 2.63 bits per heavy atom. The van der Waals surface area contributed by atoms with Crippen molar-refractivity contribution < 1.29 is 27.5 Å². The molecule has 0 aromatic heterocycles. The number of nitrogens with zero attached hydrogens (tertiary/aromatic N) is 2. The molecule has 2 aliphatic heterocycles. The lowest BCUT2D eigenvalue weighted by atomic mass is 10.1. The Hall–Kier alpha value is -3.73. The van der Waals surface area contributed by atoms with Crippen molar-refractivity contribution in [2.75, 3.05) is 23.4 Å². The molecule has 3 amide bonds. The van der Waals surface area contributed by atoms with Gasteiger partial charge in [-0.1, -0.05) is 24.1 Å². The first-order valence-corrected chi connectivity index (χ1v) is 12.7. The Bertz CT molecular complexity index is 1340. The summed E-state index contributed by atoms with van der Waals surface area (Å²) in [5.74, 6) is -1.20. The van der Waals surface area contributed by atoms with Gasteiger partial charge < -0.3 is 15.0 Å². The van der Waals surface area contributed by atoms with Gasteiger partial charge >= 0.3 is 12.0 Å². The van der Waals surface area contributed by atoms with Crippen molar-refractivity contribution in [3.8, 4) is 0 Å². The highest BCUT2D eigenvalue weighted by Crippen LogP contribution is 2.35. The van der Waals surface area contributed by atoms with E-state index in [-0.39, 0.29) is 10.5 Å². The van der Waals surface area contributed by atoms with Crippen LogP contribution in [-0.4, -0.2) is 45.3 Å². The molecule has 1 fully saturated rings. The highest BCUT2D eigenvalue weighted by molar-refractivity contribution is 7.90. The summed E-state index contributed by atoms with van der Waals surface area (Å²) in [5, 5.41) is 4.65. The van der Waals surface area contributed by atoms with Crippen LogP contribution in [0, 0.1) is 13.8 Å². The normalized spacial score (nSPS) is 16.2. The van der Waals surface area contributed by atoms with Crippen LogP contribution in [0.15, 0.2) is 45.7 Å². The Morgan fingerprint density at radius 2 is 1.86 bits per heavy atom. The van der Waals surface area contributed by atoms with Crippen molar-refractivity contribution in [2.24, 2.45) is 4.40 Å². The molecule has 0 spiro atoms. The Kier molecular flexibility index (Phi) is 6.88. The molecule has 0 radical (unpaired) electrons. The fraction of sp³-hybridized carbons (Fsp3) is 0.333. The highest BCUT2D eigenvalue weighted by Gasteiger charge is 2.32. The molecule has 1 saturated heterocycles. The molecule has 2 aromatic rings. The van der Waals surface area contributed by atoms with Crippen LogP contribution in [0.4, 0.5) is 16.2 Å². The molecule has 184 valence electrons. The predicted octanol–water partition coefficient (Wildman–Crippen LogP) is 3.29. The standard InChI is InChI=1S/C24H26N4O6S/c1-15-7-9-18(16(2)12-15)25-24(31)26-22(29)14-34-23(30)17-8-10-19-20(13-17)35(32,33)27-21-6-4-3-5-11-28(19)21/h7-10,12-13H,3-6,11,14H2,1-2H3,(H2,25,26,29,31). The fourth-order valence-corrected chi connectivity index (χ4v) is 5.38. The van der Waals surface area contributed by atoms with E-state index in [1.807, 2.05) is 30.9 Å². The third-order valence-electron chi connectivity index (χ3n) is 5.80. The summed E-state index contributed by atoms with van der Waals surface area (Å²) in [7, 11) is -3.96. The number of hydrogen-bond donors (Lipinski definition) is 2. The molecular weight excluding hydrogens is 472 g/mol. The SMILES string of the molecule is Cc1ccc(NC(=O)NC(=O)COC(=O)c2ccc3c(c2)S(=O)(=O)N=C2CCCCCN23)c(C)c1. The van der Waals surface area contributed by atoms with Crippen LogP contribution in [-0.2, 0) is 19.6 Å². The van der Waals surface area contributed by atoms with Gasteiger partial charge in [0.05, 0.1) is 11.3 Å². The maximum absolute atomic E-state index is 12.7. The van der Waals surface area contributed by atoms with E-state index in [0.29, 0.717) is 30.2 Å². The molecule has 2 heterocycles. The third-order valence-corrected chi connectivity index (χ3v) is 7.13. The molecule has 10 nitrogen and oxygen atoms in total. The van der Waals surface area contributed by atoms with Crippen molar-refractivity contribution >= 4 is 45.1 Å². The minimum absolute atomic E-state index is 0.0340. The molecule has 0 aliphatic carbocycles. The van der Waals surface area contributed by atoms with E-state index in [9.17, 15) is 22.8 Å². The highest BCUT2D eigenvalue weighted by atomic mass is 32.2. The van der Waals surface area contributed by atoms with Crippen molar-refractivity contribution in [3.05, 3.63) is 53.1 Å². The zero-order valence-electron chi connectivity index (χ0n) is 19.5. The van der Waals surface area contributed by atoms with Gasteiger partial charge in [-0.05, 0) is 56.5 Å². The lowest BCUT2D eigenvalue weighted by molar-refractivity contribution is -0.123. The average molecular weight is 499 g/mol. The van der Waals surface area contributed by atoms with E-state index in [1.165, 1.54) is 12.1 Å². The third kappa shape index (κ3) is 5.51. The maximum atomic E-state index is 12.7. The van der Waals surface area contributed by atoms with Crippen LogP contribution in [0.2, 0.25) is 0 Å². The van der Waals surface area contributed by atoms with Gasteiger partial charge in [-0.2, -0.15) is 8.42 Å². The van der Waals surface area contributed by atoms with Gasteiger partial charge in [0.25, 0.3) is 15.9 Å². The Morgan fingerprint density at radius 1 is 1.06 bits per heavy atom. The topological polar surface area (TPSA) is 134 Å². The number of nitrogens with one attached hydrogen (secondary N) is 2. The molecule has 2 aromatic carbocycles.